The van der Waals surface area contributed by atoms with E-state index in [1.807, 2.05) is 0 Å². The molecule has 0 unspecified atom stereocenters. The summed E-state index contributed by atoms with van der Waals surface area (Å²) in [7, 11) is 1.64. The van der Waals surface area contributed by atoms with Gasteiger partial charge in [-0.15, -0.1) is 5.10 Å². The topological polar surface area (TPSA) is 103 Å². The molecule has 9 heteroatoms. The lowest BCUT2D eigenvalue weighted by Gasteiger charge is -2.07. The summed E-state index contributed by atoms with van der Waals surface area (Å²) in [4.78, 5) is 14.8. The van der Waals surface area contributed by atoms with Gasteiger partial charge in [0.2, 0.25) is 5.88 Å². The number of carbonyl (C=O) groups is 1. The van der Waals surface area contributed by atoms with Crippen molar-refractivity contribution in [1.29, 1.82) is 0 Å². The van der Waals surface area contributed by atoms with Gasteiger partial charge in [-0.2, -0.15) is 0 Å². The quantitative estimate of drug-likeness (QED) is 0.808. The van der Waals surface area contributed by atoms with Gasteiger partial charge in [0, 0.05) is 7.05 Å². The molecular weight excluding hydrogens is 262 g/mol. The molecule has 0 spiro atoms. The first-order valence-corrected chi connectivity index (χ1v) is 5.19. The molecule has 0 aliphatic heterocycles. The van der Waals surface area contributed by atoms with E-state index in [0.29, 0.717) is 5.82 Å². The summed E-state index contributed by atoms with van der Waals surface area (Å²) in [5.74, 6) is -0.781. The van der Waals surface area contributed by atoms with Crippen molar-refractivity contribution in [2.24, 2.45) is 7.05 Å². The van der Waals surface area contributed by atoms with Crippen LogP contribution in [-0.4, -0.2) is 36.3 Å². The molecule has 94 valence electrons. The molecule has 0 atom stereocenters. The zero-order chi connectivity index (χ0) is 13.1. The standard InChI is InChI=1S/C9H8ClN5O3/c1-15-7(12-13-14-15)4-18-8-5(9(16)17)2-3-6(10)11-8/h2-3H,4H2,1H3,(H,16,17). The first-order chi connectivity index (χ1) is 8.58. The number of halogens is 1. The molecule has 0 aromatic carbocycles. The highest BCUT2D eigenvalue weighted by molar-refractivity contribution is 6.29. The van der Waals surface area contributed by atoms with E-state index in [1.54, 1.807) is 7.05 Å². The van der Waals surface area contributed by atoms with Crippen LogP contribution in [0.2, 0.25) is 5.15 Å². The summed E-state index contributed by atoms with van der Waals surface area (Å²) in [5, 5.41) is 19.8. The van der Waals surface area contributed by atoms with E-state index in [1.165, 1.54) is 16.8 Å². The molecule has 2 rings (SSSR count). The van der Waals surface area contributed by atoms with Crippen LogP contribution in [-0.2, 0) is 13.7 Å². The SMILES string of the molecule is Cn1nnnc1COc1nc(Cl)ccc1C(=O)O. The van der Waals surface area contributed by atoms with Gasteiger partial charge in [-0.3, -0.25) is 0 Å². The smallest absolute Gasteiger partial charge is 0.341 e. The van der Waals surface area contributed by atoms with Crippen molar-refractivity contribution < 1.29 is 14.6 Å². The minimum absolute atomic E-state index is 0.00285. The van der Waals surface area contributed by atoms with E-state index in [9.17, 15) is 4.79 Å². The number of pyridine rings is 1. The Hall–Kier alpha value is -2.22. The van der Waals surface area contributed by atoms with Crippen LogP contribution in [0.25, 0.3) is 0 Å². The lowest BCUT2D eigenvalue weighted by molar-refractivity contribution is 0.0690. The van der Waals surface area contributed by atoms with Crippen molar-refractivity contribution in [2.45, 2.75) is 6.61 Å². The number of hydrogen-bond acceptors (Lipinski definition) is 6. The molecule has 2 aromatic heterocycles. The number of aromatic carboxylic acids is 1. The number of tetrazole rings is 1. The third-order valence-corrected chi connectivity index (χ3v) is 2.31. The number of carboxylic acids is 1. The molecular formula is C9H8ClN5O3. The Kier molecular flexibility index (Phi) is 3.38. The lowest BCUT2D eigenvalue weighted by atomic mass is 10.3. The highest BCUT2D eigenvalue weighted by atomic mass is 35.5. The molecule has 0 radical (unpaired) electrons. The Morgan fingerprint density at radius 2 is 2.33 bits per heavy atom. The van der Waals surface area contributed by atoms with Gasteiger partial charge < -0.3 is 9.84 Å². The maximum atomic E-state index is 11.0. The van der Waals surface area contributed by atoms with E-state index < -0.39 is 5.97 Å². The zero-order valence-electron chi connectivity index (χ0n) is 9.24. The number of carboxylic acid groups (broad SMARTS) is 1. The Bertz CT molecular complexity index is 585. The van der Waals surface area contributed by atoms with Crippen LogP contribution in [0.4, 0.5) is 0 Å². The van der Waals surface area contributed by atoms with Crippen molar-refractivity contribution in [3.8, 4) is 5.88 Å². The van der Waals surface area contributed by atoms with Gasteiger partial charge in [-0.05, 0) is 22.6 Å². The average molecular weight is 270 g/mol. The molecule has 1 N–H and O–H groups in total. The van der Waals surface area contributed by atoms with Crippen LogP contribution in [0.1, 0.15) is 16.2 Å². The second-order valence-corrected chi connectivity index (χ2v) is 3.69. The van der Waals surface area contributed by atoms with Crippen molar-refractivity contribution >= 4 is 17.6 Å². The van der Waals surface area contributed by atoms with Crippen LogP contribution in [0, 0.1) is 0 Å². The summed E-state index contributed by atoms with van der Waals surface area (Å²) < 4.78 is 6.67. The van der Waals surface area contributed by atoms with Crippen LogP contribution in [0.3, 0.4) is 0 Å². The van der Waals surface area contributed by atoms with Crippen LogP contribution >= 0.6 is 11.6 Å². The number of hydrogen-bond donors (Lipinski definition) is 1. The number of nitrogens with zero attached hydrogens (tertiary/aromatic N) is 5. The summed E-state index contributed by atoms with van der Waals surface area (Å²) >= 11 is 5.68. The van der Waals surface area contributed by atoms with E-state index in [-0.39, 0.29) is 23.2 Å². The van der Waals surface area contributed by atoms with Crippen molar-refractivity contribution in [1.82, 2.24) is 25.2 Å². The molecule has 8 nitrogen and oxygen atoms in total. The lowest BCUT2D eigenvalue weighted by Crippen LogP contribution is -2.08. The van der Waals surface area contributed by atoms with Crippen molar-refractivity contribution in [2.75, 3.05) is 0 Å². The molecule has 18 heavy (non-hydrogen) atoms. The second kappa shape index (κ2) is 4.96. The van der Waals surface area contributed by atoms with Gasteiger partial charge in [-0.1, -0.05) is 11.6 Å². The fraction of sp³-hybridized carbons (Fsp3) is 0.222. The number of rotatable bonds is 4. The van der Waals surface area contributed by atoms with Gasteiger partial charge >= 0.3 is 5.97 Å². The van der Waals surface area contributed by atoms with E-state index in [0.717, 1.165) is 0 Å². The van der Waals surface area contributed by atoms with Crippen LogP contribution < -0.4 is 4.74 Å². The van der Waals surface area contributed by atoms with Gasteiger partial charge in [0.1, 0.15) is 10.7 Å². The number of aromatic nitrogens is 5. The van der Waals surface area contributed by atoms with E-state index in [4.69, 9.17) is 21.4 Å². The summed E-state index contributed by atoms with van der Waals surface area (Å²) in [6.45, 7) is -0.00285. The van der Waals surface area contributed by atoms with Crippen LogP contribution in [0.15, 0.2) is 12.1 Å². The Morgan fingerprint density at radius 3 is 2.94 bits per heavy atom. The first kappa shape index (κ1) is 12.2. The molecule has 0 aliphatic carbocycles. The third-order valence-electron chi connectivity index (χ3n) is 2.10. The fourth-order valence-electron chi connectivity index (χ4n) is 1.19. The van der Waals surface area contributed by atoms with E-state index >= 15 is 0 Å². The molecule has 0 saturated carbocycles. The molecule has 2 heterocycles. The first-order valence-electron chi connectivity index (χ1n) is 4.82. The molecule has 2 aromatic rings. The third kappa shape index (κ3) is 2.54. The normalized spacial score (nSPS) is 10.3. The fourth-order valence-corrected chi connectivity index (χ4v) is 1.33. The van der Waals surface area contributed by atoms with Crippen molar-refractivity contribution in [3.63, 3.8) is 0 Å². The van der Waals surface area contributed by atoms with Gasteiger partial charge in [0.25, 0.3) is 0 Å². The number of aryl methyl sites for hydroxylation is 1. The van der Waals surface area contributed by atoms with Gasteiger partial charge in [0.05, 0.1) is 0 Å². The highest BCUT2D eigenvalue weighted by Crippen LogP contribution is 2.19. The molecule has 0 fully saturated rings. The Morgan fingerprint density at radius 1 is 1.56 bits per heavy atom. The minimum Gasteiger partial charge on any atom is -0.477 e. The van der Waals surface area contributed by atoms with Crippen molar-refractivity contribution in [3.05, 3.63) is 28.7 Å². The van der Waals surface area contributed by atoms with Gasteiger partial charge in [0.15, 0.2) is 12.4 Å². The maximum Gasteiger partial charge on any atom is 0.341 e. The van der Waals surface area contributed by atoms with E-state index in [2.05, 4.69) is 20.5 Å². The summed E-state index contributed by atoms with van der Waals surface area (Å²) in [6.07, 6.45) is 0. The average Bonchev–Trinajstić information content (AvgIpc) is 2.72. The van der Waals surface area contributed by atoms with Gasteiger partial charge in [-0.25, -0.2) is 14.5 Å². The summed E-state index contributed by atoms with van der Waals surface area (Å²) in [6, 6.07) is 2.70. The second-order valence-electron chi connectivity index (χ2n) is 3.30. The molecule has 0 bridgehead atoms. The number of ether oxygens (including phenoxy) is 1. The predicted octanol–water partition coefficient (Wildman–Crippen LogP) is 0.536. The largest absolute Gasteiger partial charge is 0.477 e. The Labute approximate surface area is 106 Å². The zero-order valence-corrected chi connectivity index (χ0v) is 10.00. The highest BCUT2D eigenvalue weighted by Gasteiger charge is 2.14. The molecule has 0 amide bonds. The monoisotopic (exact) mass is 269 g/mol. The Balaban J connectivity index is 2.20. The molecule has 0 aliphatic rings. The predicted molar refractivity (Wildman–Crippen MR) is 59.3 cm³/mol. The maximum absolute atomic E-state index is 11.0. The van der Waals surface area contributed by atoms with Crippen LogP contribution in [0.5, 0.6) is 5.88 Å². The minimum atomic E-state index is -1.15. The summed E-state index contributed by atoms with van der Waals surface area (Å²) in [5.41, 5.74) is -0.0745. The molecule has 0 saturated heterocycles.